The fraction of sp³-hybridized carbons (Fsp3) is 0.692. The summed E-state index contributed by atoms with van der Waals surface area (Å²) in [5.41, 5.74) is 7.37. The molecule has 0 amide bonds. The summed E-state index contributed by atoms with van der Waals surface area (Å²) in [4.78, 5) is 10.6. The maximum atomic E-state index is 6.45. The van der Waals surface area contributed by atoms with Gasteiger partial charge in [-0.1, -0.05) is 6.92 Å². The Labute approximate surface area is 108 Å². The van der Waals surface area contributed by atoms with Gasteiger partial charge in [0.1, 0.15) is 6.33 Å². The van der Waals surface area contributed by atoms with Crippen molar-refractivity contribution in [1.82, 2.24) is 14.9 Å². The van der Waals surface area contributed by atoms with Gasteiger partial charge in [0.25, 0.3) is 0 Å². The quantitative estimate of drug-likeness (QED) is 0.863. The highest BCUT2D eigenvalue weighted by Gasteiger charge is 2.37. The van der Waals surface area contributed by atoms with Crippen LogP contribution in [0.1, 0.15) is 31.9 Å². The molecule has 1 aromatic rings. The Kier molecular flexibility index (Phi) is 4.27. The van der Waals surface area contributed by atoms with Crippen LogP contribution >= 0.6 is 0 Å². The average Bonchev–Trinajstić information content (AvgIpc) is 2.47. The van der Waals surface area contributed by atoms with E-state index in [-0.39, 0.29) is 11.6 Å². The zero-order valence-electron chi connectivity index (χ0n) is 11.2. The van der Waals surface area contributed by atoms with Crippen LogP contribution in [0.15, 0.2) is 18.7 Å². The van der Waals surface area contributed by atoms with Gasteiger partial charge in [-0.25, -0.2) is 9.97 Å². The minimum atomic E-state index is -0.0817. The lowest BCUT2D eigenvalue weighted by Gasteiger charge is -2.46. The third-order valence-electron chi connectivity index (χ3n) is 4.06. The van der Waals surface area contributed by atoms with Crippen molar-refractivity contribution in [2.24, 2.45) is 5.73 Å². The van der Waals surface area contributed by atoms with E-state index in [1.165, 1.54) is 6.33 Å². The number of aromatic nitrogens is 2. The summed E-state index contributed by atoms with van der Waals surface area (Å²) >= 11 is 0. The Hall–Kier alpha value is -1.04. The first kappa shape index (κ1) is 13.4. The summed E-state index contributed by atoms with van der Waals surface area (Å²) in [7, 11) is 0. The van der Waals surface area contributed by atoms with E-state index in [4.69, 9.17) is 10.5 Å². The van der Waals surface area contributed by atoms with Gasteiger partial charge in [0.2, 0.25) is 0 Å². The number of morpholine rings is 1. The molecule has 2 heterocycles. The van der Waals surface area contributed by atoms with E-state index >= 15 is 0 Å². The monoisotopic (exact) mass is 250 g/mol. The van der Waals surface area contributed by atoms with Crippen molar-refractivity contribution >= 4 is 0 Å². The van der Waals surface area contributed by atoms with Crippen LogP contribution < -0.4 is 5.73 Å². The molecule has 0 aromatic carbocycles. The molecular weight excluding hydrogens is 228 g/mol. The molecule has 5 nitrogen and oxygen atoms in total. The largest absolute Gasteiger partial charge is 0.379 e. The van der Waals surface area contributed by atoms with Crippen molar-refractivity contribution in [2.75, 3.05) is 26.3 Å². The molecule has 1 aliphatic rings. The number of nitrogens with two attached hydrogens (primary N) is 1. The molecular formula is C13H22N4O. The molecule has 1 fully saturated rings. The molecule has 0 aliphatic carbocycles. The first-order valence-electron chi connectivity index (χ1n) is 6.51. The van der Waals surface area contributed by atoms with Gasteiger partial charge >= 0.3 is 0 Å². The van der Waals surface area contributed by atoms with Crippen molar-refractivity contribution in [3.05, 3.63) is 24.3 Å². The van der Waals surface area contributed by atoms with E-state index in [0.29, 0.717) is 0 Å². The van der Waals surface area contributed by atoms with Gasteiger partial charge in [0, 0.05) is 36.6 Å². The molecule has 0 saturated carbocycles. The van der Waals surface area contributed by atoms with Crippen LogP contribution in [0.4, 0.5) is 0 Å². The van der Waals surface area contributed by atoms with Crippen molar-refractivity contribution in [2.45, 2.75) is 31.8 Å². The van der Waals surface area contributed by atoms with E-state index in [1.54, 1.807) is 0 Å². The maximum Gasteiger partial charge on any atom is 0.115 e. The Morgan fingerprint density at radius 1 is 1.39 bits per heavy atom. The Morgan fingerprint density at radius 3 is 2.56 bits per heavy atom. The second kappa shape index (κ2) is 5.73. The summed E-state index contributed by atoms with van der Waals surface area (Å²) in [6, 6.07) is -0.0817. The minimum Gasteiger partial charge on any atom is -0.379 e. The SMILES string of the molecule is CCC(C)(C(N)c1cncnc1)N1CCOCC1. The average molecular weight is 250 g/mol. The zero-order chi connectivity index (χ0) is 13.0. The highest BCUT2D eigenvalue weighted by atomic mass is 16.5. The summed E-state index contributed by atoms with van der Waals surface area (Å²) in [5.74, 6) is 0. The van der Waals surface area contributed by atoms with Crippen LogP contribution in [0.3, 0.4) is 0 Å². The normalized spacial score (nSPS) is 22.4. The summed E-state index contributed by atoms with van der Waals surface area (Å²) < 4.78 is 5.42. The maximum absolute atomic E-state index is 6.45. The Bertz CT molecular complexity index is 367. The number of hydrogen-bond donors (Lipinski definition) is 1. The molecule has 1 saturated heterocycles. The predicted molar refractivity (Wildman–Crippen MR) is 70.0 cm³/mol. The molecule has 1 aliphatic heterocycles. The molecule has 0 spiro atoms. The van der Waals surface area contributed by atoms with Gasteiger partial charge in [0.15, 0.2) is 0 Å². The minimum absolute atomic E-state index is 0.0749. The zero-order valence-corrected chi connectivity index (χ0v) is 11.2. The molecule has 2 atom stereocenters. The van der Waals surface area contributed by atoms with E-state index < -0.39 is 0 Å². The van der Waals surface area contributed by atoms with Crippen LogP contribution in [-0.4, -0.2) is 46.7 Å². The fourth-order valence-electron chi connectivity index (χ4n) is 2.54. The topological polar surface area (TPSA) is 64.3 Å². The number of nitrogens with zero attached hydrogens (tertiary/aromatic N) is 3. The van der Waals surface area contributed by atoms with Gasteiger partial charge in [-0.15, -0.1) is 0 Å². The highest BCUT2D eigenvalue weighted by Crippen LogP contribution is 2.32. The lowest BCUT2D eigenvalue weighted by Crippen LogP contribution is -2.56. The molecule has 100 valence electrons. The summed E-state index contributed by atoms with van der Waals surface area (Å²) in [6.45, 7) is 7.84. The van der Waals surface area contributed by atoms with Gasteiger partial charge in [-0.2, -0.15) is 0 Å². The van der Waals surface area contributed by atoms with Crippen molar-refractivity contribution < 1.29 is 4.74 Å². The Morgan fingerprint density at radius 2 is 2.00 bits per heavy atom. The second-order valence-corrected chi connectivity index (χ2v) is 4.96. The third kappa shape index (κ3) is 2.53. The number of hydrogen-bond acceptors (Lipinski definition) is 5. The van der Waals surface area contributed by atoms with Gasteiger partial charge in [-0.3, -0.25) is 4.90 Å². The molecule has 1 aromatic heterocycles. The van der Waals surface area contributed by atoms with Gasteiger partial charge in [0.05, 0.1) is 19.3 Å². The van der Waals surface area contributed by atoms with E-state index in [1.807, 2.05) is 12.4 Å². The smallest absolute Gasteiger partial charge is 0.115 e. The standard InChI is InChI=1S/C13H22N4O/c1-3-13(2,17-4-6-18-7-5-17)12(14)11-8-15-10-16-9-11/h8-10,12H,3-7,14H2,1-2H3. The first-order chi connectivity index (χ1) is 8.68. The first-order valence-corrected chi connectivity index (χ1v) is 6.51. The van der Waals surface area contributed by atoms with E-state index in [9.17, 15) is 0 Å². The lowest BCUT2D eigenvalue weighted by atomic mass is 9.84. The molecule has 0 bridgehead atoms. The number of rotatable bonds is 4. The summed E-state index contributed by atoms with van der Waals surface area (Å²) in [6.07, 6.45) is 6.15. The molecule has 2 N–H and O–H groups in total. The summed E-state index contributed by atoms with van der Waals surface area (Å²) in [5, 5.41) is 0. The van der Waals surface area contributed by atoms with Crippen LogP contribution in [0.5, 0.6) is 0 Å². The van der Waals surface area contributed by atoms with Crippen LogP contribution in [-0.2, 0) is 4.74 Å². The van der Waals surface area contributed by atoms with Crippen LogP contribution in [0.25, 0.3) is 0 Å². The third-order valence-corrected chi connectivity index (χ3v) is 4.06. The molecule has 5 heteroatoms. The molecule has 2 unspecified atom stereocenters. The van der Waals surface area contributed by atoms with Crippen molar-refractivity contribution in [1.29, 1.82) is 0 Å². The number of ether oxygens (including phenoxy) is 1. The van der Waals surface area contributed by atoms with E-state index in [2.05, 4.69) is 28.7 Å². The predicted octanol–water partition coefficient (Wildman–Crippen LogP) is 0.977. The van der Waals surface area contributed by atoms with Crippen molar-refractivity contribution in [3.63, 3.8) is 0 Å². The highest BCUT2D eigenvalue weighted by molar-refractivity contribution is 5.15. The molecule has 18 heavy (non-hydrogen) atoms. The fourth-order valence-corrected chi connectivity index (χ4v) is 2.54. The van der Waals surface area contributed by atoms with Crippen molar-refractivity contribution in [3.8, 4) is 0 Å². The van der Waals surface area contributed by atoms with Crippen LogP contribution in [0, 0.1) is 0 Å². The lowest BCUT2D eigenvalue weighted by molar-refractivity contribution is -0.0278. The van der Waals surface area contributed by atoms with Gasteiger partial charge < -0.3 is 10.5 Å². The second-order valence-electron chi connectivity index (χ2n) is 4.96. The Balaban J connectivity index is 2.20. The molecule has 2 rings (SSSR count). The van der Waals surface area contributed by atoms with E-state index in [0.717, 1.165) is 38.3 Å². The van der Waals surface area contributed by atoms with Crippen LogP contribution in [0.2, 0.25) is 0 Å². The molecule has 0 radical (unpaired) electrons. The van der Waals surface area contributed by atoms with Gasteiger partial charge in [-0.05, 0) is 13.3 Å².